The van der Waals surface area contributed by atoms with Gasteiger partial charge in [-0.2, -0.15) is 0 Å². The Hall–Kier alpha value is -0.0800. The summed E-state index contributed by atoms with van der Waals surface area (Å²) >= 11 is 0. The number of hydrogen-bond donors (Lipinski definition) is 1. The molecule has 0 aromatic rings. The van der Waals surface area contributed by atoms with Gasteiger partial charge in [-0.1, -0.05) is 13.8 Å². The first kappa shape index (κ1) is 12.0. The molecular weight excluding hydrogens is 210 g/mol. The third kappa shape index (κ3) is 2.53. The number of rotatable bonds is 2. The predicted octanol–water partition coefficient (Wildman–Crippen LogP) is 3.32. The minimum Gasteiger partial charge on any atom is -0.361 e. The molecule has 3 fully saturated rings. The van der Waals surface area contributed by atoms with Crippen LogP contribution in [0.25, 0.3) is 0 Å². The Labute approximate surface area is 105 Å². The third-order valence-electron chi connectivity index (χ3n) is 5.23. The Morgan fingerprint density at radius 1 is 1.06 bits per heavy atom. The van der Waals surface area contributed by atoms with Gasteiger partial charge in [-0.3, -0.25) is 5.32 Å². The molecule has 0 amide bonds. The van der Waals surface area contributed by atoms with Gasteiger partial charge in [0.2, 0.25) is 0 Å². The van der Waals surface area contributed by atoms with E-state index < -0.39 is 0 Å². The van der Waals surface area contributed by atoms with Gasteiger partial charge in [0.05, 0.1) is 6.61 Å². The van der Waals surface area contributed by atoms with Gasteiger partial charge in [-0.25, -0.2) is 0 Å². The lowest BCUT2D eigenvalue weighted by Gasteiger charge is -2.47. The molecule has 3 aliphatic rings. The first-order valence-corrected chi connectivity index (χ1v) is 7.60. The molecule has 1 unspecified atom stereocenters. The highest BCUT2D eigenvalue weighted by Crippen LogP contribution is 2.42. The highest BCUT2D eigenvalue weighted by Gasteiger charge is 2.44. The van der Waals surface area contributed by atoms with E-state index >= 15 is 0 Å². The van der Waals surface area contributed by atoms with Crippen molar-refractivity contribution >= 4 is 0 Å². The van der Waals surface area contributed by atoms with E-state index in [4.69, 9.17) is 4.74 Å². The fourth-order valence-corrected chi connectivity index (χ4v) is 3.75. The van der Waals surface area contributed by atoms with Crippen molar-refractivity contribution in [1.82, 2.24) is 5.32 Å². The van der Waals surface area contributed by atoms with Crippen LogP contribution in [0.2, 0.25) is 0 Å². The second-order valence-corrected chi connectivity index (χ2v) is 6.80. The molecule has 1 aliphatic heterocycles. The van der Waals surface area contributed by atoms with Crippen molar-refractivity contribution in [2.75, 3.05) is 6.61 Å². The van der Waals surface area contributed by atoms with Crippen LogP contribution in [-0.2, 0) is 4.74 Å². The second kappa shape index (κ2) is 4.55. The van der Waals surface area contributed by atoms with Gasteiger partial charge in [-0.05, 0) is 62.7 Å². The normalized spacial score (nSPS) is 43.2. The molecule has 17 heavy (non-hydrogen) atoms. The fraction of sp³-hybridized carbons (Fsp3) is 1.00. The molecule has 1 spiro atoms. The Morgan fingerprint density at radius 2 is 1.76 bits per heavy atom. The van der Waals surface area contributed by atoms with Crippen molar-refractivity contribution in [3.05, 3.63) is 0 Å². The highest BCUT2D eigenvalue weighted by atomic mass is 16.5. The molecule has 98 valence electrons. The maximum Gasteiger partial charge on any atom is 0.119 e. The van der Waals surface area contributed by atoms with Crippen molar-refractivity contribution in [3.8, 4) is 0 Å². The number of ether oxygens (including phenoxy) is 1. The van der Waals surface area contributed by atoms with E-state index in [2.05, 4.69) is 19.2 Å². The zero-order valence-corrected chi connectivity index (χ0v) is 11.4. The maximum atomic E-state index is 6.13. The topological polar surface area (TPSA) is 21.3 Å². The van der Waals surface area contributed by atoms with Gasteiger partial charge >= 0.3 is 0 Å². The van der Waals surface area contributed by atoms with Crippen molar-refractivity contribution in [2.45, 2.75) is 70.6 Å². The highest BCUT2D eigenvalue weighted by molar-refractivity contribution is 4.96. The molecule has 2 nitrogen and oxygen atoms in total. The van der Waals surface area contributed by atoms with E-state index in [9.17, 15) is 0 Å². The van der Waals surface area contributed by atoms with Crippen molar-refractivity contribution in [3.63, 3.8) is 0 Å². The van der Waals surface area contributed by atoms with Crippen LogP contribution in [0, 0.1) is 17.8 Å². The molecule has 2 saturated carbocycles. The summed E-state index contributed by atoms with van der Waals surface area (Å²) in [6, 6.07) is 0.763. The van der Waals surface area contributed by atoms with Gasteiger partial charge < -0.3 is 4.74 Å². The summed E-state index contributed by atoms with van der Waals surface area (Å²) in [5, 5.41) is 3.87. The maximum absolute atomic E-state index is 6.13. The number of nitrogens with one attached hydrogen (secondary N) is 1. The Kier molecular flexibility index (Phi) is 3.20. The van der Waals surface area contributed by atoms with Crippen molar-refractivity contribution in [2.24, 2.45) is 17.8 Å². The molecule has 1 atom stereocenters. The van der Waals surface area contributed by atoms with Crippen LogP contribution in [0.4, 0.5) is 0 Å². The standard InChI is InChI=1S/C15H27NO/c1-11(2)12-5-8-15(9-6-12)16-14(7-10-17-15)13-3-4-13/h11-14,16H,3-10H2,1-2H3. The van der Waals surface area contributed by atoms with E-state index in [0.29, 0.717) is 0 Å². The van der Waals surface area contributed by atoms with Gasteiger partial charge in [0.1, 0.15) is 5.72 Å². The summed E-state index contributed by atoms with van der Waals surface area (Å²) in [4.78, 5) is 0. The summed E-state index contributed by atoms with van der Waals surface area (Å²) in [5.74, 6) is 2.74. The second-order valence-electron chi connectivity index (χ2n) is 6.80. The average molecular weight is 237 g/mol. The smallest absolute Gasteiger partial charge is 0.119 e. The SMILES string of the molecule is CC(C)C1CCC2(CC1)NC(C1CC1)CCO2. The summed E-state index contributed by atoms with van der Waals surface area (Å²) in [5.41, 5.74) is 0.0664. The predicted molar refractivity (Wildman–Crippen MR) is 69.7 cm³/mol. The molecule has 2 heteroatoms. The lowest BCUT2D eigenvalue weighted by atomic mass is 9.77. The van der Waals surface area contributed by atoms with E-state index in [-0.39, 0.29) is 5.72 Å². The van der Waals surface area contributed by atoms with Gasteiger partial charge in [0.25, 0.3) is 0 Å². The lowest BCUT2D eigenvalue weighted by Crippen LogP contribution is -2.58. The van der Waals surface area contributed by atoms with Crippen LogP contribution in [0.15, 0.2) is 0 Å². The van der Waals surface area contributed by atoms with Gasteiger partial charge in [0, 0.05) is 6.04 Å². The van der Waals surface area contributed by atoms with E-state index in [0.717, 1.165) is 30.4 Å². The van der Waals surface area contributed by atoms with E-state index in [1.165, 1.54) is 44.9 Å². The first-order valence-electron chi connectivity index (χ1n) is 7.60. The minimum atomic E-state index is 0.0664. The zero-order chi connectivity index (χ0) is 11.9. The van der Waals surface area contributed by atoms with Crippen LogP contribution in [0.1, 0.15) is 58.8 Å². The van der Waals surface area contributed by atoms with E-state index in [1.54, 1.807) is 0 Å². The Morgan fingerprint density at radius 3 is 2.35 bits per heavy atom. The number of hydrogen-bond acceptors (Lipinski definition) is 2. The summed E-state index contributed by atoms with van der Waals surface area (Å²) in [6.07, 6.45) is 9.30. The first-order chi connectivity index (χ1) is 8.19. The van der Waals surface area contributed by atoms with Crippen LogP contribution >= 0.6 is 0 Å². The molecule has 2 aliphatic carbocycles. The monoisotopic (exact) mass is 237 g/mol. The average Bonchev–Trinajstić information content (AvgIpc) is 3.13. The zero-order valence-electron chi connectivity index (χ0n) is 11.4. The van der Waals surface area contributed by atoms with Crippen LogP contribution < -0.4 is 5.32 Å². The van der Waals surface area contributed by atoms with Crippen LogP contribution in [0.3, 0.4) is 0 Å². The van der Waals surface area contributed by atoms with Crippen molar-refractivity contribution < 1.29 is 4.74 Å². The minimum absolute atomic E-state index is 0.0664. The molecule has 3 rings (SSSR count). The lowest BCUT2D eigenvalue weighted by molar-refractivity contribution is -0.140. The molecule has 1 saturated heterocycles. The van der Waals surface area contributed by atoms with Crippen LogP contribution in [0.5, 0.6) is 0 Å². The molecule has 0 aromatic carbocycles. The van der Waals surface area contributed by atoms with E-state index in [1.807, 2.05) is 0 Å². The van der Waals surface area contributed by atoms with Gasteiger partial charge in [-0.15, -0.1) is 0 Å². The quantitative estimate of drug-likeness (QED) is 0.795. The summed E-state index contributed by atoms with van der Waals surface area (Å²) < 4.78 is 6.13. The van der Waals surface area contributed by atoms with Crippen LogP contribution in [-0.4, -0.2) is 18.4 Å². The largest absolute Gasteiger partial charge is 0.361 e. The third-order valence-corrected chi connectivity index (χ3v) is 5.23. The van der Waals surface area contributed by atoms with Gasteiger partial charge in [0.15, 0.2) is 0 Å². The Bertz CT molecular complexity index is 264. The summed E-state index contributed by atoms with van der Waals surface area (Å²) in [6.45, 7) is 5.72. The Balaban J connectivity index is 1.59. The van der Waals surface area contributed by atoms with Crippen molar-refractivity contribution in [1.29, 1.82) is 0 Å². The fourth-order valence-electron chi connectivity index (χ4n) is 3.75. The molecule has 0 bridgehead atoms. The molecule has 0 aromatic heterocycles. The summed E-state index contributed by atoms with van der Waals surface area (Å²) in [7, 11) is 0. The molecule has 1 heterocycles. The molecular formula is C15H27NO. The molecule has 0 radical (unpaired) electrons. The molecule has 1 N–H and O–H groups in total.